The van der Waals surface area contributed by atoms with E-state index in [-0.39, 0.29) is 6.04 Å². The minimum absolute atomic E-state index is 0.238. The van der Waals surface area contributed by atoms with Gasteiger partial charge < -0.3 is 14.5 Å². The van der Waals surface area contributed by atoms with Crippen LogP contribution in [0.15, 0.2) is 12.4 Å². The Hall–Kier alpha value is -1.28. The molecule has 1 aromatic heterocycles. The summed E-state index contributed by atoms with van der Waals surface area (Å²) in [6, 6.07) is 2.93. The summed E-state index contributed by atoms with van der Waals surface area (Å²) in [6.45, 7) is 7.12. The van der Waals surface area contributed by atoms with Gasteiger partial charge in [-0.25, -0.2) is 15.4 Å². The van der Waals surface area contributed by atoms with E-state index in [4.69, 9.17) is 4.74 Å². The Bertz CT molecular complexity index is 576. The first-order valence-electron chi connectivity index (χ1n) is 9.62. The van der Waals surface area contributed by atoms with Gasteiger partial charge in [-0.05, 0) is 33.2 Å². The van der Waals surface area contributed by atoms with E-state index in [1.54, 1.807) is 6.33 Å². The topological polar surface area (TPSA) is 65.6 Å². The molecule has 2 saturated heterocycles. The molecular weight excluding hydrogens is 316 g/mol. The molecule has 1 saturated carbocycles. The maximum Gasteiger partial charge on any atom is 0.132 e. The molecule has 0 aromatic carbocycles. The predicted octanol–water partition coefficient (Wildman–Crippen LogP) is 0.951. The number of nitrogens with one attached hydrogen (secondary N) is 2. The lowest BCUT2D eigenvalue weighted by Gasteiger charge is -2.34. The number of ether oxygens (including phenoxy) is 1. The molecule has 2 aliphatic heterocycles. The van der Waals surface area contributed by atoms with Crippen molar-refractivity contribution in [1.29, 1.82) is 0 Å². The highest BCUT2D eigenvalue weighted by Gasteiger charge is 2.42. The molecule has 7 nitrogen and oxygen atoms in total. The van der Waals surface area contributed by atoms with E-state index in [1.807, 2.05) is 0 Å². The van der Waals surface area contributed by atoms with Gasteiger partial charge in [-0.2, -0.15) is 0 Å². The maximum absolute atomic E-state index is 5.90. The van der Waals surface area contributed by atoms with Gasteiger partial charge in [-0.15, -0.1) is 0 Å². The van der Waals surface area contributed by atoms with Gasteiger partial charge in [-0.3, -0.25) is 5.43 Å². The number of hydrogen-bond acceptors (Lipinski definition) is 7. The van der Waals surface area contributed by atoms with Crippen LogP contribution in [0.2, 0.25) is 0 Å². The molecule has 0 spiro atoms. The van der Waals surface area contributed by atoms with E-state index in [0.717, 1.165) is 63.6 Å². The molecule has 2 N–H and O–H groups in total. The molecule has 3 fully saturated rings. The van der Waals surface area contributed by atoms with Crippen molar-refractivity contribution < 1.29 is 4.74 Å². The summed E-state index contributed by atoms with van der Waals surface area (Å²) in [5.74, 6) is 1.58. The Labute approximate surface area is 150 Å². The fourth-order valence-electron chi connectivity index (χ4n) is 4.44. The fourth-order valence-corrected chi connectivity index (χ4v) is 4.44. The molecule has 0 bridgehead atoms. The van der Waals surface area contributed by atoms with Crippen molar-refractivity contribution in [3.63, 3.8) is 0 Å². The first-order chi connectivity index (χ1) is 12.2. The monoisotopic (exact) mass is 346 g/mol. The summed E-state index contributed by atoms with van der Waals surface area (Å²) in [5, 5.41) is 0. The van der Waals surface area contributed by atoms with Crippen LogP contribution in [0.5, 0.6) is 0 Å². The van der Waals surface area contributed by atoms with Crippen LogP contribution in [0.3, 0.4) is 0 Å². The zero-order valence-corrected chi connectivity index (χ0v) is 15.3. The van der Waals surface area contributed by atoms with Crippen LogP contribution in [0, 0.1) is 5.92 Å². The van der Waals surface area contributed by atoms with Gasteiger partial charge >= 0.3 is 0 Å². The Morgan fingerprint density at radius 2 is 2.00 bits per heavy atom. The summed E-state index contributed by atoms with van der Waals surface area (Å²) in [7, 11) is 2.18. The lowest BCUT2D eigenvalue weighted by Crippen LogP contribution is -2.44. The van der Waals surface area contributed by atoms with E-state index in [0.29, 0.717) is 18.1 Å². The average Bonchev–Trinajstić information content (AvgIpc) is 3.06. The molecule has 1 aliphatic carbocycles. The van der Waals surface area contributed by atoms with Gasteiger partial charge in [0.25, 0.3) is 0 Å². The van der Waals surface area contributed by atoms with Gasteiger partial charge in [0.15, 0.2) is 0 Å². The summed E-state index contributed by atoms with van der Waals surface area (Å²) in [6.07, 6.45) is 5.51. The number of nitrogens with zero attached hydrogens (tertiary/aromatic N) is 4. The molecule has 138 valence electrons. The Morgan fingerprint density at radius 1 is 1.16 bits per heavy atom. The van der Waals surface area contributed by atoms with Crippen LogP contribution in [0.25, 0.3) is 0 Å². The highest BCUT2D eigenvalue weighted by atomic mass is 16.5. The standard InChI is InChI=1S/C18H30N6O/c1-3-25-13-4-5-15-14(10-13)18(22-21-15)16-11-17(20-12-19-16)24-8-6-23(2)7-9-24/h11-15,18,21-22H,3-10H2,1-2H3. The van der Waals surface area contributed by atoms with E-state index in [9.17, 15) is 0 Å². The van der Waals surface area contributed by atoms with Crippen molar-refractivity contribution in [1.82, 2.24) is 25.7 Å². The second-order valence-electron chi connectivity index (χ2n) is 7.52. The summed E-state index contributed by atoms with van der Waals surface area (Å²) in [4.78, 5) is 13.9. The van der Waals surface area contributed by atoms with Gasteiger partial charge in [0.2, 0.25) is 0 Å². The Kier molecular flexibility index (Phi) is 5.17. The fraction of sp³-hybridized carbons (Fsp3) is 0.778. The van der Waals surface area contributed by atoms with Crippen molar-refractivity contribution in [2.75, 3.05) is 44.7 Å². The van der Waals surface area contributed by atoms with Gasteiger partial charge in [0.05, 0.1) is 17.8 Å². The summed E-state index contributed by atoms with van der Waals surface area (Å²) < 4.78 is 5.90. The molecule has 4 atom stereocenters. The van der Waals surface area contributed by atoms with Crippen LogP contribution in [0.1, 0.15) is 37.9 Å². The van der Waals surface area contributed by atoms with Crippen molar-refractivity contribution >= 4 is 5.82 Å². The molecule has 25 heavy (non-hydrogen) atoms. The first-order valence-corrected chi connectivity index (χ1v) is 9.62. The SMILES string of the molecule is CCOC1CCC2NNC(c3cc(N4CCN(C)CC4)ncn3)C2C1. The van der Waals surface area contributed by atoms with Gasteiger partial charge in [-0.1, -0.05) is 0 Å². The number of anilines is 1. The number of aromatic nitrogens is 2. The zero-order chi connectivity index (χ0) is 17.2. The molecule has 0 amide bonds. The number of likely N-dealkylation sites (N-methyl/N-ethyl adjacent to an activating group) is 1. The molecule has 4 unspecified atom stereocenters. The third-order valence-corrected chi connectivity index (χ3v) is 5.93. The van der Waals surface area contributed by atoms with E-state index in [2.05, 4.69) is 50.7 Å². The third-order valence-electron chi connectivity index (χ3n) is 5.93. The average molecular weight is 346 g/mol. The minimum atomic E-state index is 0.238. The van der Waals surface area contributed by atoms with E-state index < -0.39 is 0 Å². The molecule has 1 aromatic rings. The van der Waals surface area contributed by atoms with Crippen LogP contribution in [0.4, 0.5) is 5.82 Å². The number of fused-ring (bicyclic) bond motifs is 1. The second kappa shape index (κ2) is 7.53. The number of hydrazine groups is 1. The zero-order valence-electron chi connectivity index (χ0n) is 15.3. The molecular formula is C18H30N6O. The summed E-state index contributed by atoms with van der Waals surface area (Å²) >= 11 is 0. The molecule has 3 heterocycles. The predicted molar refractivity (Wildman–Crippen MR) is 97.3 cm³/mol. The van der Waals surface area contributed by atoms with E-state index >= 15 is 0 Å². The third kappa shape index (κ3) is 3.65. The lowest BCUT2D eigenvalue weighted by molar-refractivity contribution is 0.0149. The minimum Gasteiger partial charge on any atom is -0.378 e. The lowest BCUT2D eigenvalue weighted by atomic mass is 9.79. The van der Waals surface area contributed by atoms with Crippen molar-refractivity contribution in [3.8, 4) is 0 Å². The number of piperazine rings is 1. The normalized spacial score (nSPS) is 33.4. The van der Waals surface area contributed by atoms with Gasteiger partial charge in [0.1, 0.15) is 12.1 Å². The Morgan fingerprint density at radius 3 is 2.80 bits per heavy atom. The van der Waals surface area contributed by atoms with Crippen LogP contribution in [-0.4, -0.2) is 66.8 Å². The summed E-state index contributed by atoms with van der Waals surface area (Å²) in [5.41, 5.74) is 8.08. The largest absolute Gasteiger partial charge is 0.378 e. The smallest absolute Gasteiger partial charge is 0.132 e. The van der Waals surface area contributed by atoms with Crippen molar-refractivity contribution in [2.24, 2.45) is 5.92 Å². The van der Waals surface area contributed by atoms with Crippen LogP contribution < -0.4 is 15.8 Å². The maximum atomic E-state index is 5.90. The van der Waals surface area contributed by atoms with Crippen molar-refractivity contribution in [3.05, 3.63) is 18.1 Å². The second-order valence-corrected chi connectivity index (χ2v) is 7.52. The Balaban J connectivity index is 1.48. The van der Waals surface area contributed by atoms with E-state index in [1.165, 1.54) is 0 Å². The molecule has 7 heteroatoms. The van der Waals surface area contributed by atoms with Crippen LogP contribution in [-0.2, 0) is 4.74 Å². The van der Waals surface area contributed by atoms with Crippen LogP contribution >= 0.6 is 0 Å². The molecule has 3 aliphatic rings. The molecule has 4 rings (SSSR count). The highest BCUT2D eigenvalue weighted by molar-refractivity contribution is 5.40. The number of hydrogen-bond donors (Lipinski definition) is 2. The highest BCUT2D eigenvalue weighted by Crippen LogP contribution is 2.38. The molecule has 0 radical (unpaired) electrons. The quantitative estimate of drug-likeness (QED) is 0.841. The number of rotatable bonds is 4. The van der Waals surface area contributed by atoms with Gasteiger partial charge in [0, 0.05) is 50.8 Å². The van der Waals surface area contributed by atoms with Crippen molar-refractivity contribution in [2.45, 2.75) is 44.4 Å². The first kappa shape index (κ1) is 17.1.